The molecular formula is C26H29N3O5. The fourth-order valence-corrected chi connectivity index (χ4v) is 4.36. The summed E-state index contributed by atoms with van der Waals surface area (Å²) in [6.07, 6.45) is -0.330. The zero-order valence-corrected chi connectivity index (χ0v) is 19.5. The average Bonchev–Trinajstić information content (AvgIpc) is 3.14. The van der Waals surface area contributed by atoms with Gasteiger partial charge < -0.3 is 25.0 Å². The van der Waals surface area contributed by atoms with Gasteiger partial charge in [-0.1, -0.05) is 48.5 Å². The number of fused-ring (bicyclic) bond motifs is 3. The predicted molar refractivity (Wildman–Crippen MR) is 127 cm³/mol. The summed E-state index contributed by atoms with van der Waals surface area (Å²) >= 11 is 0. The highest BCUT2D eigenvalue weighted by atomic mass is 16.6. The summed E-state index contributed by atoms with van der Waals surface area (Å²) < 4.78 is 5.37. The number of amides is 2. The molecule has 0 fully saturated rings. The van der Waals surface area contributed by atoms with E-state index in [1.165, 1.54) is 4.90 Å². The lowest BCUT2D eigenvalue weighted by Gasteiger charge is -2.36. The van der Waals surface area contributed by atoms with Crippen LogP contribution >= 0.6 is 0 Å². The van der Waals surface area contributed by atoms with E-state index in [0.29, 0.717) is 0 Å². The zero-order valence-electron chi connectivity index (χ0n) is 19.5. The Labute approximate surface area is 197 Å². The van der Waals surface area contributed by atoms with Crippen molar-refractivity contribution in [3.8, 4) is 0 Å². The highest BCUT2D eigenvalue weighted by molar-refractivity contribution is 5.92. The number of aromatic amines is 1. The van der Waals surface area contributed by atoms with Crippen LogP contribution in [0.25, 0.3) is 10.9 Å². The molecule has 3 aromatic rings. The van der Waals surface area contributed by atoms with E-state index >= 15 is 0 Å². The van der Waals surface area contributed by atoms with Gasteiger partial charge in [0.25, 0.3) is 0 Å². The molecule has 0 aliphatic carbocycles. The Morgan fingerprint density at radius 1 is 1.12 bits per heavy atom. The third kappa shape index (κ3) is 5.06. The first-order valence-corrected chi connectivity index (χ1v) is 11.3. The number of rotatable bonds is 5. The number of carboxylic acids is 1. The molecule has 178 valence electrons. The fraction of sp³-hybridized carbons (Fsp3) is 0.346. The molecule has 8 heteroatoms. The van der Waals surface area contributed by atoms with E-state index in [2.05, 4.69) is 10.3 Å². The summed E-state index contributed by atoms with van der Waals surface area (Å²) in [5, 5.41) is 13.6. The molecule has 0 saturated carbocycles. The predicted octanol–water partition coefficient (Wildman–Crippen LogP) is 3.64. The van der Waals surface area contributed by atoms with Crippen LogP contribution in [-0.2, 0) is 33.7 Å². The number of para-hydroxylation sites is 1. The molecule has 0 saturated heterocycles. The SMILES string of the molecule is CC(C)(C)OC(=O)N[C@@H](Cc1ccccc1)C(=O)N1Cc2[nH]c3ccccc3c2C[C@H]1C(=O)O. The number of carboxylic acid groups (broad SMARTS) is 1. The van der Waals surface area contributed by atoms with Crippen LogP contribution in [0.15, 0.2) is 54.6 Å². The summed E-state index contributed by atoms with van der Waals surface area (Å²) in [6, 6.07) is 14.9. The number of alkyl carbamates (subject to hydrolysis) is 1. The van der Waals surface area contributed by atoms with Crippen molar-refractivity contribution in [2.24, 2.45) is 0 Å². The van der Waals surface area contributed by atoms with Crippen molar-refractivity contribution in [3.05, 3.63) is 71.4 Å². The van der Waals surface area contributed by atoms with E-state index in [1.54, 1.807) is 20.8 Å². The third-order valence-electron chi connectivity index (χ3n) is 5.84. The molecule has 0 bridgehead atoms. The lowest BCUT2D eigenvalue weighted by molar-refractivity contribution is -0.152. The van der Waals surface area contributed by atoms with Crippen LogP contribution in [0.1, 0.15) is 37.6 Å². The Hall–Kier alpha value is -3.81. The highest BCUT2D eigenvalue weighted by Crippen LogP contribution is 2.31. The molecule has 0 radical (unpaired) electrons. The number of hydrogen-bond donors (Lipinski definition) is 3. The van der Waals surface area contributed by atoms with Gasteiger partial charge in [-0.3, -0.25) is 4.79 Å². The lowest BCUT2D eigenvalue weighted by atomic mass is 9.95. The van der Waals surface area contributed by atoms with Crippen LogP contribution in [0.3, 0.4) is 0 Å². The second-order valence-corrected chi connectivity index (χ2v) is 9.54. The smallest absolute Gasteiger partial charge is 0.408 e. The molecule has 8 nitrogen and oxygen atoms in total. The maximum Gasteiger partial charge on any atom is 0.408 e. The average molecular weight is 464 g/mol. The van der Waals surface area contributed by atoms with Crippen LogP contribution in [0.5, 0.6) is 0 Å². The largest absolute Gasteiger partial charge is 0.480 e. The zero-order chi connectivity index (χ0) is 24.5. The Bertz CT molecular complexity index is 1210. The van der Waals surface area contributed by atoms with E-state index in [-0.39, 0.29) is 19.4 Å². The van der Waals surface area contributed by atoms with Crippen molar-refractivity contribution < 1.29 is 24.2 Å². The topological polar surface area (TPSA) is 112 Å². The van der Waals surface area contributed by atoms with Gasteiger partial charge in [-0.2, -0.15) is 0 Å². The van der Waals surface area contributed by atoms with E-state index in [0.717, 1.165) is 27.7 Å². The molecule has 2 aromatic carbocycles. The van der Waals surface area contributed by atoms with E-state index in [9.17, 15) is 19.5 Å². The van der Waals surface area contributed by atoms with Crippen molar-refractivity contribution in [2.45, 2.75) is 57.8 Å². The van der Waals surface area contributed by atoms with Crippen molar-refractivity contribution >= 4 is 28.9 Å². The number of benzene rings is 2. The van der Waals surface area contributed by atoms with Gasteiger partial charge in [0.05, 0.1) is 6.54 Å². The number of nitrogens with zero attached hydrogens (tertiary/aromatic N) is 1. The van der Waals surface area contributed by atoms with E-state index < -0.39 is 35.7 Å². The summed E-state index contributed by atoms with van der Waals surface area (Å²) in [4.78, 5) is 43.1. The first kappa shape index (κ1) is 23.4. The van der Waals surface area contributed by atoms with Crippen molar-refractivity contribution in [1.82, 2.24) is 15.2 Å². The Morgan fingerprint density at radius 2 is 1.79 bits per heavy atom. The fourth-order valence-electron chi connectivity index (χ4n) is 4.36. The summed E-state index contributed by atoms with van der Waals surface area (Å²) in [7, 11) is 0. The molecule has 4 rings (SSSR count). The van der Waals surface area contributed by atoms with Gasteiger partial charge in [-0.25, -0.2) is 9.59 Å². The molecule has 0 unspecified atom stereocenters. The van der Waals surface area contributed by atoms with Gasteiger partial charge >= 0.3 is 12.1 Å². The second kappa shape index (κ2) is 9.21. The molecule has 1 aromatic heterocycles. The Kier molecular flexibility index (Phi) is 6.32. The van der Waals surface area contributed by atoms with Crippen LogP contribution in [-0.4, -0.2) is 50.6 Å². The van der Waals surface area contributed by atoms with Gasteiger partial charge in [0.2, 0.25) is 5.91 Å². The normalized spacial score (nSPS) is 16.6. The number of carbonyl (C=O) groups excluding carboxylic acids is 2. The molecule has 1 aliphatic heterocycles. The van der Waals surface area contributed by atoms with Crippen molar-refractivity contribution in [3.63, 3.8) is 0 Å². The van der Waals surface area contributed by atoms with Crippen LogP contribution < -0.4 is 5.32 Å². The standard InChI is InChI=1S/C26H29N3O5/c1-26(2,3)34-25(33)28-20(13-16-9-5-4-6-10-16)23(30)29-15-21-18(14-22(29)24(31)32)17-11-7-8-12-19(17)27-21/h4-12,20,22,27H,13-15H2,1-3H3,(H,28,33)(H,31,32)/t20-,22-/m0/s1. The molecule has 34 heavy (non-hydrogen) atoms. The van der Waals surface area contributed by atoms with Gasteiger partial charge in [0, 0.05) is 29.4 Å². The first-order chi connectivity index (χ1) is 16.1. The number of H-pyrrole nitrogens is 1. The number of ether oxygens (including phenoxy) is 1. The van der Waals surface area contributed by atoms with E-state index in [4.69, 9.17) is 4.74 Å². The Balaban J connectivity index is 1.65. The minimum Gasteiger partial charge on any atom is -0.480 e. The van der Waals surface area contributed by atoms with Gasteiger partial charge in [0.15, 0.2) is 0 Å². The van der Waals surface area contributed by atoms with E-state index in [1.807, 2.05) is 54.6 Å². The quantitative estimate of drug-likeness (QED) is 0.535. The summed E-state index contributed by atoms with van der Waals surface area (Å²) in [5.41, 5.74) is 2.72. The molecule has 2 heterocycles. The molecular weight excluding hydrogens is 434 g/mol. The van der Waals surface area contributed by atoms with Crippen LogP contribution in [0, 0.1) is 0 Å². The second-order valence-electron chi connectivity index (χ2n) is 9.54. The molecule has 0 spiro atoms. The highest BCUT2D eigenvalue weighted by Gasteiger charge is 2.39. The molecule has 3 N–H and O–H groups in total. The lowest BCUT2D eigenvalue weighted by Crippen LogP contribution is -2.56. The Morgan fingerprint density at radius 3 is 2.47 bits per heavy atom. The third-order valence-corrected chi connectivity index (χ3v) is 5.84. The summed E-state index contributed by atoms with van der Waals surface area (Å²) in [5.74, 6) is -1.55. The monoisotopic (exact) mass is 463 g/mol. The maximum absolute atomic E-state index is 13.7. The number of aromatic nitrogens is 1. The molecule has 2 atom stereocenters. The number of hydrogen-bond acceptors (Lipinski definition) is 4. The van der Waals surface area contributed by atoms with Gasteiger partial charge in [-0.05, 0) is 38.0 Å². The van der Waals surface area contributed by atoms with Gasteiger partial charge in [-0.15, -0.1) is 0 Å². The number of aliphatic carboxylic acids is 1. The van der Waals surface area contributed by atoms with Crippen molar-refractivity contribution in [2.75, 3.05) is 0 Å². The number of nitrogens with one attached hydrogen (secondary N) is 2. The van der Waals surface area contributed by atoms with Crippen molar-refractivity contribution in [1.29, 1.82) is 0 Å². The number of carbonyl (C=O) groups is 3. The minimum absolute atomic E-state index is 0.112. The minimum atomic E-state index is -1.08. The van der Waals surface area contributed by atoms with Crippen LogP contribution in [0.4, 0.5) is 4.79 Å². The van der Waals surface area contributed by atoms with Crippen LogP contribution in [0.2, 0.25) is 0 Å². The maximum atomic E-state index is 13.7. The first-order valence-electron chi connectivity index (χ1n) is 11.3. The molecule has 2 amide bonds. The van der Waals surface area contributed by atoms with Gasteiger partial charge in [0.1, 0.15) is 17.7 Å². The summed E-state index contributed by atoms with van der Waals surface area (Å²) in [6.45, 7) is 5.33. The molecule has 1 aliphatic rings.